The second kappa shape index (κ2) is 7.33. The molecule has 0 spiro atoms. The third-order valence-electron chi connectivity index (χ3n) is 4.89. The molecule has 1 fully saturated rings. The maximum atomic E-state index is 12.7. The standard InChI is InChI=1S/C19H20ClN5O/c20-18-8-7-16(25-12-2-10-22-25)13-17(18)19(26)23-14-3-5-15(6-4-14)24-11-1-9-21-24/h1-2,7-15H,3-6H2,(H,23,26). The van der Waals surface area contributed by atoms with E-state index in [0.717, 1.165) is 31.4 Å². The van der Waals surface area contributed by atoms with Gasteiger partial charge in [-0.15, -0.1) is 0 Å². The molecule has 1 aliphatic carbocycles. The fourth-order valence-electron chi connectivity index (χ4n) is 3.50. The quantitative estimate of drug-likeness (QED) is 0.763. The van der Waals surface area contributed by atoms with Gasteiger partial charge in [-0.2, -0.15) is 10.2 Å². The van der Waals surface area contributed by atoms with Crippen molar-refractivity contribution in [2.45, 2.75) is 37.8 Å². The van der Waals surface area contributed by atoms with Crippen molar-refractivity contribution < 1.29 is 4.79 Å². The van der Waals surface area contributed by atoms with E-state index in [-0.39, 0.29) is 11.9 Å². The molecule has 134 valence electrons. The molecule has 0 bridgehead atoms. The summed E-state index contributed by atoms with van der Waals surface area (Å²) in [5.74, 6) is -0.133. The Morgan fingerprint density at radius 2 is 1.85 bits per heavy atom. The molecule has 26 heavy (non-hydrogen) atoms. The first-order valence-electron chi connectivity index (χ1n) is 8.80. The van der Waals surface area contributed by atoms with E-state index in [1.165, 1.54) is 0 Å². The van der Waals surface area contributed by atoms with Gasteiger partial charge in [0.05, 0.1) is 22.3 Å². The van der Waals surface area contributed by atoms with Crippen molar-refractivity contribution in [3.63, 3.8) is 0 Å². The van der Waals surface area contributed by atoms with Gasteiger partial charge < -0.3 is 5.32 Å². The normalized spacial score (nSPS) is 20.0. The molecule has 2 heterocycles. The van der Waals surface area contributed by atoms with Crippen molar-refractivity contribution in [3.8, 4) is 5.69 Å². The molecular formula is C19H20ClN5O. The van der Waals surface area contributed by atoms with Gasteiger partial charge in [0.25, 0.3) is 5.91 Å². The van der Waals surface area contributed by atoms with Crippen LogP contribution in [0.1, 0.15) is 42.1 Å². The van der Waals surface area contributed by atoms with E-state index >= 15 is 0 Å². The summed E-state index contributed by atoms with van der Waals surface area (Å²) in [5.41, 5.74) is 1.29. The van der Waals surface area contributed by atoms with Crippen LogP contribution in [-0.4, -0.2) is 31.5 Å². The summed E-state index contributed by atoms with van der Waals surface area (Å²) in [6.45, 7) is 0. The lowest BCUT2D eigenvalue weighted by Gasteiger charge is -2.29. The first-order chi connectivity index (χ1) is 12.7. The van der Waals surface area contributed by atoms with Crippen LogP contribution < -0.4 is 5.32 Å². The molecular weight excluding hydrogens is 350 g/mol. The molecule has 0 atom stereocenters. The Labute approximate surface area is 156 Å². The number of aromatic nitrogens is 4. The first kappa shape index (κ1) is 16.8. The summed E-state index contributed by atoms with van der Waals surface area (Å²) in [6, 6.07) is 9.74. The van der Waals surface area contributed by atoms with E-state index < -0.39 is 0 Å². The van der Waals surface area contributed by atoms with Crippen molar-refractivity contribution in [2.75, 3.05) is 0 Å². The largest absolute Gasteiger partial charge is 0.349 e. The Balaban J connectivity index is 1.42. The van der Waals surface area contributed by atoms with Crippen molar-refractivity contribution in [1.29, 1.82) is 0 Å². The van der Waals surface area contributed by atoms with Gasteiger partial charge in [-0.3, -0.25) is 9.48 Å². The lowest BCUT2D eigenvalue weighted by atomic mass is 9.91. The van der Waals surface area contributed by atoms with Gasteiger partial charge in [-0.1, -0.05) is 11.6 Å². The highest BCUT2D eigenvalue weighted by Gasteiger charge is 2.24. The Kier molecular flexibility index (Phi) is 4.75. The number of rotatable bonds is 4. The minimum atomic E-state index is -0.133. The van der Waals surface area contributed by atoms with Crippen LogP contribution >= 0.6 is 11.6 Å². The molecule has 1 amide bonds. The second-order valence-corrected chi connectivity index (χ2v) is 6.99. The van der Waals surface area contributed by atoms with Gasteiger partial charge in [0.15, 0.2) is 0 Å². The molecule has 7 heteroatoms. The van der Waals surface area contributed by atoms with Crippen LogP contribution in [0.2, 0.25) is 5.02 Å². The van der Waals surface area contributed by atoms with E-state index in [1.807, 2.05) is 41.5 Å². The van der Waals surface area contributed by atoms with Crippen molar-refractivity contribution in [2.24, 2.45) is 0 Å². The SMILES string of the molecule is O=C(NC1CCC(n2cccn2)CC1)c1cc(-n2cccn2)ccc1Cl. The minimum absolute atomic E-state index is 0.133. The van der Waals surface area contributed by atoms with Crippen LogP contribution in [0, 0.1) is 0 Å². The van der Waals surface area contributed by atoms with Crippen LogP contribution in [0.4, 0.5) is 0 Å². The van der Waals surface area contributed by atoms with Gasteiger partial charge in [-0.05, 0) is 56.0 Å². The van der Waals surface area contributed by atoms with Crippen LogP contribution in [-0.2, 0) is 0 Å². The number of carbonyl (C=O) groups excluding carboxylic acids is 1. The fraction of sp³-hybridized carbons (Fsp3) is 0.316. The average Bonchev–Trinajstić information content (AvgIpc) is 3.37. The number of carbonyl (C=O) groups is 1. The summed E-state index contributed by atoms with van der Waals surface area (Å²) >= 11 is 6.26. The summed E-state index contributed by atoms with van der Waals surface area (Å²) in [5, 5.41) is 12.1. The monoisotopic (exact) mass is 369 g/mol. The number of nitrogens with one attached hydrogen (secondary N) is 1. The topological polar surface area (TPSA) is 64.7 Å². The molecule has 0 unspecified atom stereocenters. The maximum Gasteiger partial charge on any atom is 0.253 e. The highest BCUT2D eigenvalue weighted by atomic mass is 35.5. The summed E-state index contributed by atoms with van der Waals surface area (Å²) < 4.78 is 3.73. The Morgan fingerprint density at radius 3 is 2.54 bits per heavy atom. The van der Waals surface area contributed by atoms with Crippen LogP contribution in [0.25, 0.3) is 5.69 Å². The minimum Gasteiger partial charge on any atom is -0.349 e. The highest BCUT2D eigenvalue weighted by Crippen LogP contribution is 2.28. The predicted molar refractivity (Wildman–Crippen MR) is 99.6 cm³/mol. The lowest BCUT2D eigenvalue weighted by Crippen LogP contribution is -2.38. The maximum absolute atomic E-state index is 12.7. The molecule has 1 aliphatic rings. The van der Waals surface area contributed by atoms with Gasteiger partial charge in [0, 0.05) is 30.8 Å². The third-order valence-corrected chi connectivity index (χ3v) is 5.22. The zero-order valence-electron chi connectivity index (χ0n) is 14.3. The number of amides is 1. The average molecular weight is 370 g/mol. The Morgan fingerprint density at radius 1 is 1.08 bits per heavy atom. The number of halogens is 1. The zero-order valence-corrected chi connectivity index (χ0v) is 15.0. The Hall–Kier alpha value is -2.60. The van der Waals surface area contributed by atoms with E-state index in [9.17, 15) is 4.79 Å². The zero-order chi connectivity index (χ0) is 17.9. The van der Waals surface area contributed by atoms with E-state index in [2.05, 4.69) is 15.5 Å². The van der Waals surface area contributed by atoms with Gasteiger partial charge >= 0.3 is 0 Å². The molecule has 6 nitrogen and oxygen atoms in total. The highest BCUT2D eigenvalue weighted by molar-refractivity contribution is 6.33. The smallest absolute Gasteiger partial charge is 0.253 e. The summed E-state index contributed by atoms with van der Waals surface area (Å²) in [6.07, 6.45) is 11.2. The summed E-state index contributed by atoms with van der Waals surface area (Å²) in [4.78, 5) is 12.7. The molecule has 3 aromatic rings. The number of hydrogen-bond donors (Lipinski definition) is 1. The summed E-state index contributed by atoms with van der Waals surface area (Å²) in [7, 11) is 0. The molecule has 2 aromatic heterocycles. The molecule has 1 saturated carbocycles. The number of nitrogens with zero attached hydrogens (tertiary/aromatic N) is 4. The van der Waals surface area contributed by atoms with Crippen molar-refractivity contribution >= 4 is 17.5 Å². The van der Waals surface area contributed by atoms with E-state index in [4.69, 9.17) is 11.6 Å². The predicted octanol–water partition coefficient (Wildman–Crippen LogP) is 3.64. The molecule has 0 aliphatic heterocycles. The molecule has 1 N–H and O–H groups in total. The van der Waals surface area contributed by atoms with E-state index in [0.29, 0.717) is 16.6 Å². The van der Waals surface area contributed by atoms with Crippen LogP contribution in [0.5, 0.6) is 0 Å². The lowest BCUT2D eigenvalue weighted by molar-refractivity contribution is 0.0922. The van der Waals surface area contributed by atoms with Crippen molar-refractivity contribution in [1.82, 2.24) is 24.9 Å². The first-order valence-corrected chi connectivity index (χ1v) is 9.18. The third kappa shape index (κ3) is 3.51. The Bertz CT molecular complexity index is 867. The molecule has 1 aromatic carbocycles. The number of hydrogen-bond acceptors (Lipinski definition) is 3. The van der Waals surface area contributed by atoms with Crippen LogP contribution in [0.3, 0.4) is 0 Å². The fourth-order valence-corrected chi connectivity index (χ4v) is 3.70. The molecule has 0 saturated heterocycles. The van der Waals surface area contributed by atoms with Gasteiger partial charge in [-0.25, -0.2) is 4.68 Å². The van der Waals surface area contributed by atoms with Gasteiger partial charge in [0.2, 0.25) is 0 Å². The van der Waals surface area contributed by atoms with Crippen LogP contribution in [0.15, 0.2) is 55.1 Å². The second-order valence-electron chi connectivity index (χ2n) is 6.58. The number of benzene rings is 1. The van der Waals surface area contributed by atoms with E-state index in [1.54, 1.807) is 23.0 Å². The van der Waals surface area contributed by atoms with Gasteiger partial charge in [0.1, 0.15) is 0 Å². The van der Waals surface area contributed by atoms with Crippen molar-refractivity contribution in [3.05, 3.63) is 65.7 Å². The molecule has 0 radical (unpaired) electrons. The molecule has 4 rings (SSSR count).